The first-order valence-corrected chi connectivity index (χ1v) is 7.20. The molecule has 0 N–H and O–H groups in total. The molecule has 0 atom stereocenters. The van der Waals surface area contributed by atoms with Crippen molar-refractivity contribution in [2.75, 3.05) is 5.75 Å². The van der Waals surface area contributed by atoms with Crippen molar-refractivity contribution in [1.29, 1.82) is 0 Å². The molecule has 0 amide bonds. The van der Waals surface area contributed by atoms with E-state index in [4.69, 9.17) is 0 Å². The van der Waals surface area contributed by atoms with Crippen LogP contribution < -0.4 is 0 Å². The zero-order valence-corrected chi connectivity index (χ0v) is 11.5. The zero-order valence-electron chi connectivity index (χ0n) is 10.7. The second-order valence-electron chi connectivity index (χ2n) is 4.90. The number of aryl methyl sites for hydroxylation is 3. The first-order valence-electron chi connectivity index (χ1n) is 5.54. The minimum Gasteiger partial charge on any atom is -0.224 e. The molecular weight excluding hydrogens is 220 g/mol. The van der Waals surface area contributed by atoms with E-state index in [2.05, 4.69) is 0 Å². The van der Waals surface area contributed by atoms with Crippen LogP contribution in [-0.4, -0.2) is 14.2 Å². The van der Waals surface area contributed by atoms with Crippen LogP contribution in [0.4, 0.5) is 0 Å². The van der Waals surface area contributed by atoms with E-state index < -0.39 is 9.84 Å². The number of benzene rings is 1. The highest BCUT2D eigenvalue weighted by Crippen LogP contribution is 2.24. The molecule has 0 heterocycles. The molecule has 16 heavy (non-hydrogen) atoms. The van der Waals surface area contributed by atoms with Gasteiger partial charge in [-0.3, -0.25) is 0 Å². The number of rotatable bonds is 3. The standard InChI is InChI=1S/C13H20O2S/c1-9(2)8-16(14,15)13-11(4)6-10(3)7-12(13)5/h6-7,9H,8H2,1-5H3. The lowest BCUT2D eigenvalue weighted by Gasteiger charge is -2.13. The van der Waals surface area contributed by atoms with Gasteiger partial charge >= 0.3 is 0 Å². The third-order valence-corrected chi connectivity index (χ3v) is 4.84. The first-order chi connectivity index (χ1) is 7.24. The molecule has 90 valence electrons. The molecule has 0 radical (unpaired) electrons. The molecule has 0 bridgehead atoms. The van der Waals surface area contributed by atoms with E-state index >= 15 is 0 Å². The summed E-state index contributed by atoms with van der Waals surface area (Å²) in [4.78, 5) is 0.520. The normalized spacial score (nSPS) is 12.1. The Balaban J connectivity index is 3.34. The van der Waals surface area contributed by atoms with Crippen molar-refractivity contribution in [2.24, 2.45) is 5.92 Å². The lowest BCUT2D eigenvalue weighted by atomic mass is 10.1. The summed E-state index contributed by atoms with van der Waals surface area (Å²) >= 11 is 0. The predicted octanol–water partition coefficient (Wildman–Crippen LogP) is 3.04. The monoisotopic (exact) mass is 240 g/mol. The molecule has 1 aromatic rings. The smallest absolute Gasteiger partial charge is 0.179 e. The Bertz CT molecular complexity index is 462. The molecule has 0 unspecified atom stereocenters. The summed E-state index contributed by atoms with van der Waals surface area (Å²) in [7, 11) is -3.14. The zero-order chi connectivity index (χ0) is 12.5. The Labute approximate surface area is 98.6 Å². The molecule has 0 aliphatic rings. The van der Waals surface area contributed by atoms with Gasteiger partial charge in [-0.2, -0.15) is 0 Å². The third kappa shape index (κ3) is 2.85. The van der Waals surface area contributed by atoms with E-state index in [1.807, 2.05) is 46.8 Å². The Morgan fingerprint density at radius 3 is 1.88 bits per heavy atom. The average Bonchev–Trinajstić information content (AvgIpc) is 1.96. The Hall–Kier alpha value is -0.830. The molecule has 0 saturated carbocycles. The molecule has 0 saturated heterocycles. The SMILES string of the molecule is Cc1cc(C)c(S(=O)(=O)CC(C)C)c(C)c1. The van der Waals surface area contributed by atoms with Gasteiger partial charge in [-0.1, -0.05) is 31.5 Å². The van der Waals surface area contributed by atoms with Gasteiger partial charge in [0.05, 0.1) is 10.6 Å². The van der Waals surface area contributed by atoms with Crippen molar-refractivity contribution in [3.05, 3.63) is 28.8 Å². The van der Waals surface area contributed by atoms with Gasteiger partial charge in [-0.05, 0) is 37.8 Å². The van der Waals surface area contributed by atoms with Crippen molar-refractivity contribution in [2.45, 2.75) is 39.5 Å². The average molecular weight is 240 g/mol. The summed E-state index contributed by atoms with van der Waals surface area (Å²) in [5, 5.41) is 0. The fourth-order valence-electron chi connectivity index (χ4n) is 2.18. The molecule has 1 aromatic carbocycles. The molecule has 0 spiro atoms. The topological polar surface area (TPSA) is 34.1 Å². The highest BCUT2D eigenvalue weighted by Gasteiger charge is 2.20. The van der Waals surface area contributed by atoms with E-state index in [-0.39, 0.29) is 11.7 Å². The fraction of sp³-hybridized carbons (Fsp3) is 0.538. The lowest BCUT2D eigenvalue weighted by Crippen LogP contribution is -2.14. The second-order valence-corrected chi connectivity index (χ2v) is 6.87. The van der Waals surface area contributed by atoms with Crippen LogP contribution in [0.25, 0.3) is 0 Å². The van der Waals surface area contributed by atoms with Crippen molar-refractivity contribution in [3.8, 4) is 0 Å². The maximum absolute atomic E-state index is 12.2. The molecular formula is C13H20O2S. The van der Waals surface area contributed by atoms with Crippen LogP contribution in [0.5, 0.6) is 0 Å². The highest BCUT2D eigenvalue weighted by molar-refractivity contribution is 7.91. The Morgan fingerprint density at radius 1 is 1.06 bits per heavy atom. The fourth-order valence-corrected chi connectivity index (χ4v) is 4.32. The van der Waals surface area contributed by atoms with Gasteiger partial charge in [0.1, 0.15) is 0 Å². The van der Waals surface area contributed by atoms with E-state index in [9.17, 15) is 8.42 Å². The second kappa shape index (κ2) is 4.58. The molecule has 2 nitrogen and oxygen atoms in total. The van der Waals surface area contributed by atoms with Gasteiger partial charge < -0.3 is 0 Å². The summed E-state index contributed by atoms with van der Waals surface area (Å²) in [5.41, 5.74) is 2.83. The van der Waals surface area contributed by atoms with Crippen molar-refractivity contribution >= 4 is 9.84 Å². The highest BCUT2D eigenvalue weighted by atomic mass is 32.2. The van der Waals surface area contributed by atoms with Gasteiger partial charge in [0, 0.05) is 0 Å². The third-order valence-electron chi connectivity index (χ3n) is 2.47. The van der Waals surface area contributed by atoms with Gasteiger partial charge in [0.25, 0.3) is 0 Å². The summed E-state index contributed by atoms with van der Waals surface area (Å²) in [6.45, 7) is 9.58. The molecule has 0 aliphatic carbocycles. The Morgan fingerprint density at radius 2 is 1.50 bits per heavy atom. The van der Waals surface area contributed by atoms with Crippen molar-refractivity contribution < 1.29 is 8.42 Å². The van der Waals surface area contributed by atoms with Crippen molar-refractivity contribution in [1.82, 2.24) is 0 Å². The summed E-state index contributed by atoms with van der Waals surface area (Å²) < 4.78 is 24.4. The summed E-state index contributed by atoms with van der Waals surface area (Å²) in [6, 6.07) is 3.86. The molecule has 1 rings (SSSR count). The van der Waals surface area contributed by atoms with Crippen LogP contribution in [0.15, 0.2) is 17.0 Å². The van der Waals surface area contributed by atoms with Crippen LogP contribution in [0.3, 0.4) is 0 Å². The van der Waals surface area contributed by atoms with Crippen molar-refractivity contribution in [3.63, 3.8) is 0 Å². The molecule has 0 aromatic heterocycles. The van der Waals surface area contributed by atoms with Crippen LogP contribution in [0.1, 0.15) is 30.5 Å². The van der Waals surface area contributed by atoms with Gasteiger partial charge in [-0.15, -0.1) is 0 Å². The largest absolute Gasteiger partial charge is 0.224 e. The first kappa shape index (κ1) is 13.2. The minimum atomic E-state index is -3.14. The van der Waals surface area contributed by atoms with Crippen LogP contribution in [0, 0.1) is 26.7 Å². The van der Waals surface area contributed by atoms with E-state index in [0.29, 0.717) is 4.90 Å². The summed E-state index contributed by atoms with van der Waals surface area (Å²) in [6.07, 6.45) is 0. The van der Waals surface area contributed by atoms with Gasteiger partial charge in [0.15, 0.2) is 9.84 Å². The molecule has 0 fully saturated rings. The van der Waals surface area contributed by atoms with E-state index in [1.165, 1.54) is 0 Å². The van der Waals surface area contributed by atoms with Crippen LogP contribution in [-0.2, 0) is 9.84 Å². The van der Waals surface area contributed by atoms with E-state index in [0.717, 1.165) is 16.7 Å². The van der Waals surface area contributed by atoms with Gasteiger partial charge in [0.2, 0.25) is 0 Å². The van der Waals surface area contributed by atoms with E-state index in [1.54, 1.807) is 0 Å². The Kier molecular flexibility index (Phi) is 3.79. The minimum absolute atomic E-state index is 0.158. The van der Waals surface area contributed by atoms with Gasteiger partial charge in [-0.25, -0.2) is 8.42 Å². The number of sulfone groups is 1. The maximum atomic E-state index is 12.2. The number of hydrogen-bond donors (Lipinski definition) is 0. The lowest BCUT2D eigenvalue weighted by molar-refractivity contribution is 0.581. The maximum Gasteiger partial charge on any atom is 0.179 e. The quantitative estimate of drug-likeness (QED) is 0.813. The number of hydrogen-bond acceptors (Lipinski definition) is 2. The molecule has 0 aliphatic heterocycles. The molecule has 3 heteroatoms. The predicted molar refractivity (Wildman–Crippen MR) is 67.5 cm³/mol. The summed E-state index contributed by atoms with van der Waals surface area (Å²) in [5.74, 6) is 0.377. The van der Waals surface area contributed by atoms with Crippen LogP contribution in [0.2, 0.25) is 0 Å². The van der Waals surface area contributed by atoms with Crippen LogP contribution >= 0.6 is 0 Å².